The maximum Gasteiger partial charge on any atom is 0.0771 e. The van der Waals surface area contributed by atoms with Gasteiger partial charge in [0.25, 0.3) is 0 Å². The van der Waals surface area contributed by atoms with E-state index in [9.17, 15) is 0 Å². The first kappa shape index (κ1) is 12.2. The molecule has 0 unspecified atom stereocenters. The third-order valence-corrected chi connectivity index (χ3v) is 5.28. The predicted octanol–water partition coefficient (Wildman–Crippen LogP) is 4.33. The molecule has 2 rings (SSSR count). The molecule has 0 heterocycles. The monoisotopic (exact) mass is 322 g/mol. The molecule has 2 aliphatic rings. The lowest BCUT2D eigenvalue weighted by atomic mass is 9.97. The second kappa shape index (κ2) is 5.85. The fourth-order valence-electron chi connectivity index (χ4n) is 2.54. The van der Waals surface area contributed by atoms with Crippen molar-refractivity contribution >= 4 is 22.6 Å². The van der Waals surface area contributed by atoms with E-state index in [4.69, 9.17) is 4.74 Å². The summed E-state index contributed by atoms with van der Waals surface area (Å²) >= 11 is 2.52. The van der Waals surface area contributed by atoms with Crippen LogP contribution in [-0.4, -0.2) is 16.6 Å². The number of ether oxygens (including phenoxy) is 1. The van der Waals surface area contributed by atoms with Crippen LogP contribution >= 0.6 is 22.6 Å². The van der Waals surface area contributed by atoms with Crippen LogP contribution in [0.15, 0.2) is 0 Å². The lowest BCUT2D eigenvalue weighted by Gasteiger charge is -2.31. The molecular formula is C13H23IO. The predicted molar refractivity (Wildman–Crippen MR) is 72.6 cm³/mol. The van der Waals surface area contributed by atoms with Crippen molar-refractivity contribution in [2.75, 3.05) is 11.0 Å². The Morgan fingerprint density at radius 3 is 2.27 bits per heavy atom. The lowest BCUT2D eigenvalue weighted by Crippen LogP contribution is -2.34. The molecule has 2 aliphatic carbocycles. The van der Waals surface area contributed by atoms with Gasteiger partial charge in [0.15, 0.2) is 0 Å². The van der Waals surface area contributed by atoms with Gasteiger partial charge in [0.05, 0.1) is 5.60 Å². The van der Waals surface area contributed by atoms with Gasteiger partial charge in [-0.25, -0.2) is 0 Å². The van der Waals surface area contributed by atoms with Crippen LogP contribution in [-0.2, 0) is 4.74 Å². The zero-order valence-corrected chi connectivity index (χ0v) is 11.8. The van der Waals surface area contributed by atoms with Crippen molar-refractivity contribution in [2.24, 2.45) is 5.92 Å². The Kier molecular flexibility index (Phi) is 4.74. The minimum absolute atomic E-state index is 0.256. The molecule has 2 saturated carbocycles. The Morgan fingerprint density at radius 2 is 1.73 bits per heavy atom. The van der Waals surface area contributed by atoms with Crippen LogP contribution in [0.3, 0.4) is 0 Å². The van der Waals surface area contributed by atoms with Crippen LogP contribution in [0.25, 0.3) is 0 Å². The molecule has 15 heavy (non-hydrogen) atoms. The van der Waals surface area contributed by atoms with E-state index in [-0.39, 0.29) is 5.60 Å². The van der Waals surface area contributed by atoms with E-state index in [1.54, 1.807) is 0 Å². The molecule has 0 spiro atoms. The summed E-state index contributed by atoms with van der Waals surface area (Å²) in [5, 5.41) is 0. The van der Waals surface area contributed by atoms with Crippen LogP contribution in [0.4, 0.5) is 0 Å². The third kappa shape index (κ3) is 3.88. The second-order valence-corrected chi connectivity index (χ2v) is 6.07. The fourth-order valence-corrected chi connectivity index (χ4v) is 3.52. The normalized spacial score (nSPS) is 26.2. The van der Waals surface area contributed by atoms with E-state index in [2.05, 4.69) is 22.6 Å². The van der Waals surface area contributed by atoms with Gasteiger partial charge in [0.1, 0.15) is 0 Å². The van der Waals surface area contributed by atoms with Crippen molar-refractivity contribution in [3.63, 3.8) is 0 Å². The van der Waals surface area contributed by atoms with Crippen LogP contribution < -0.4 is 0 Å². The molecule has 0 aromatic heterocycles. The summed E-state index contributed by atoms with van der Waals surface area (Å²) in [6, 6.07) is 0. The van der Waals surface area contributed by atoms with Gasteiger partial charge in [0.2, 0.25) is 0 Å². The quantitative estimate of drug-likeness (QED) is 0.416. The third-order valence-electron chi connectivity index (χ3n) is 3.89. The molecule has 0 bridgehead atoms. The van der Waals surface area contributed by atoms with Crippen LogP contribution in [0.1, 0.15) is 57.8 Å². The van der Waals surface area contributed by atoms with Gasteiger partial charge in [-0.1, -0.05) is 61.1 Å². The lowest BCUT2D eigenvalue weighted by molar-refractivity contribution is -0.0384. The smallest absolute Gasteiger partial charge is 0.0771 e. The molecule has 2 heteroatoms. The van der Waals surface area contributed by atoms with Crippen molar-refractivity contribution in [3.8, 4) is 0 Å². The highest BCUT2D eigenvalue weighted by molar-refractivity contribution is 14.1. The molecule has 88 valence electrons. The zero-order valence-electron chi connectivity index (χ0n) is 9.64. The van der Waals surface area contributed by atoms with E-state index >= 15 is 0 Å². The average Bonchev–Trinajstić information content (AvgIpc) is 3.05. The molecule has 0 aromatic carbocycles. The van der Waals surface area contributed by atoms with Gasteiger partial charge in [0, 0.05) is 11.0 Å². The first-order valence-corrected chi connectivity index (χ1v) is 8.07. The molecule has 1 nitrogen and oxygen atoms in total. The maximum atomic E-state index is 6.24. The van der Waals surface area contributed by atoms with E-state index in [1.807, 2.05) is 0 Å². The largest absolute Gasteiger partial charge is 0.374 e. The van der Waals surface area contributed by atoms with Crippen LogP contribution in [0, 0.1) is 5.92 Å². The zero-order chi connectivity index (χ0) is 10.6. The topological polar surface area (TPSA) is 9.23 Å². The van der Waals surface area contributed by atoms with E-state index in [1.165, 1.54) is 62.2 Å². The summed E-state index contributed by atoms with van der Waals surface area (Å²) in [7, 11) is 0. The Bertz CT molecular complexity index is 181. The standard InChI is InChI=1S/C13H23IO/c14-11-13(8-3-1-2-4-9-13)15-10-7-12-5-6-12/h12H,1-11H2. The molecule has 0 atom stereocenters. The number of halogens is 1. The van der Waals surface area contributed by atoms with Gasteiger partial charge < -0.3 is 4.74 Å². The molecule has 0 amide bonds. The highest BCUT2D eigenvalue weighted by Gasteiger charge is 2.31. The summed E-state index contributed by atoms with van der Waals surface area (Å²) in [4.78, 5) is 0. The molecule has 0 aliphatic heterocycles. The molecule has 0 aromatic rings. The molecule has 2 fully saturated rings. The average molecular weight is 322 g/mol. The van der Waals surface area contributed by atoms with Gasteiger partial charge in [-0.05, 0) is 25.2 Å². The summed E-state index contributed by atoms with van der Waals surface area (Å²) < 4.78 is 7.43. The summed E-state index contributed by atoms with van der Waals surface area (Å²) in [5.74, 6) is 1.02. The summed E-state index contributed by atoms with van der Waals surface area (Å²) in [6.45, 7) is 1.02. The Balaban J connectivity index is 1.75. The van der Waals surface area contributed by atoms with Crippen molar-refractivity contribution in [1.82, 2.24) is 0 Å². The minimum atomic E-state index is 0.256. The first-order chi connectivity index (χ1) is 7.35. The SMILES string of the molecule is ICC1(OCCC2CC2)CCCCCC1. The molecule has 0 saturated heterocycles. The van der Waals surface area contributed by atoms with Gasteiger partial charge in [-0.15, -0.1) is 0 Å². The van der Waals surface area contributed by atoms with Crippen molar-refractivity contribution in [1.29, 1.82) is 0 Å². The number of hydrogen-bond donors (Lipinski definition) is 0. The highest BCUT2D eigenvalue weighted by Crippen LogP contribution is 2.35. The highest BCUT2D eigenvalue weighted by atomic mass is 127. The van der Waals surface area contributed by atoms with E-state index < -0.39 is 0 Å². The Morgan fingerprint density at radius 1 is 1.07 bits per heavy atom. The molecular weight excluding hydrogens is 299 g/mol. The Hall–Kier alpha value is 0.690. The van der Waals surface area contributed by atoms with Crippen LogP contribution in [0.2, 0.25) is 0 Å². The van der Waals surface area contributed by atoms with Gasteiger partial charge in [-0.3, -0.25) is 0 Å². The van der Waals surface area contributed by atoms with Crippen molar-refractivity contribution in [2.45, 2.75) is 63.4 Å². The van der Waals surface area contributed by atoms with Crippen LogP contribution in [0.5, 0.6) is 0 Å². The number of rotatable bonds is 5. The number of alkyl halides is 1. The second-order valence-electron chi connectivity index (χ2n) is 5.31. The van der Waals surface area contributed by atoms with E-state index in [0.29, 0.717) is 0 Å². The first-order valence-electron chi connectivity index (χ1n) is 6.55. The maximum absolute atomic E-state index is 6.24. The summed E-state index contributed by atoms with van der Waals surface area (Å²) in [6.07, 6.45) is 12.5. The van der Waals surface area contributed by atoms with Gasteiger partial charge in [-0.2, -0.15) is 0 Å². The number of hydrogen-bond acceptors (Lipinski definition) is 1. The minimum Gasteiger partial charge on any atom is -0.374 e. The summed E-state index contributed by atoms with van der Waals surface area (Å²) in [5.41, 5.74) is 0.256. The molecule has 0 N–H and O–H groups in total. The fraction of sp³-hybridized carbons (Fsp3) is 1.00. The van der Waals surface area contributed by atoms with Crippen molar-refractivity contribution < 1.29 is 4.74 Å². The molecule has 0 radical (unpaired) electrons. The Labute approximate surface area is 107 Å². The van der Waals surface area contributed by atoms with Gasteiger partial charge >= 0.3 is 0 Å². The van der Waals surface area contributed by atoms with E-state index in [0.717, 1.165) is 12.5 Å². The van der Waals surface area contributed by atoms with Crippen molar-refractivity contribution in [3.05, 3.63) is 0 Å².